The second-order valence-corrected chi connectivity index (χ2v) is 15.5. The number of halogens is 1. The number of para-hydroxylation sites is 1. The largest absolute Gasteiger partial charge is 0.312 e. The lowest BCUT2D eigenvalue weighted by Gasteiger charge is -2.49. The number of anilines is 6. The second kappa shape index (κ2) is 10.5. The molecule has 51 heavy (non-hydrogen) atoms. The van der Waals surface area contributed by atoms with E-state index in [0.29, 0.717) is 5.69 Å². The maximum absolute atomic E-state index is 16.8. The third-order valence-electron chi connectivity index (χ3n) is 11.3. The molecule has 0 unspecified atom stereocenters. The number of rotatable bonds is 2. The van der Waals surface area contributed by atoms with E-state index in [0.717, 1.165) is 22.5 Å². The van der Waals surface area contributed by atoms with Gasteiger partial charge in [0.1, 0.15) is 5.82 Å². The van der Waals surface area contributed by atoms with Crippen molar-refractivity contribution in [2.24, 2.45) is 0 Å². The minimum absolute atomic E-state index is 0.0145. The third-order valence-corrected chi connectivity index (χ3v) is 12.5. The van der Waals surface area contributed by atoms with E-state index in [-0.39, 0.29) is 19.2 Å². The van der Waals surface area contributed by atoms with Gasteiger partial charge in [0, 0.05) is 43.8 Å². The highest BCUT2D eigenvalue weighted by atomic mass is 32.2. The molecule has 4 heterocycles. The van der Waals surface area contributed by atoms with Crippen molar-refractivity contribution < 1.29 is 4.39 Å². The van der Waals surface area contributed by atoms with Gasteiger partial charge in [-0.2, -0.15) is 0 Å². The van der Waals surface area contributed by atoms with Crippen molar-refractivity contribution in [2.45, 2.75) is 30.6 Å². The molecule has 0 saturated heterocycles. The molecule has 240 valence electrons. The van der Waals surface area contributed by atoms with Gasteiger partial charge in [-0.3, -0.25) is 0 Å². The van der Waals surface area contributed by atoms with Crippen molar-refractivity contribution in [2.75, 3.05) is 9.80 Å². The number of fused-ring (bicyclic) bond motifs is 10. The molecule has 0 atom stereocenters. The molecule has 0 N–H and O–H groups in total. The molecule has 0 fully saturated rings. The van der Waals surface area contributed by atoms with Crippen LogP contribution >= 0.6 is 11.8 Å². The maximum atomic E-state index is 16.8. The van der Waals surface area contributed by atoms with E-state index in [1.54, 1.807) is 6.07 Å². The summed E-state index contributed by atoms with van der Waals surface area (Å²) in [5.41, 5.74) is 19.7. The Balaban J connectivity index is 1.32. The molecule has 0 bridgehead atoms. The van der Waals surface area contributed by atoms with E-state index >= 15 is 4.39 Å². The fraction of sp³-hybridized carbons (Fsp3) is 0.0667. The molecule has 11 rings (SSSR count). The predicted molar refractivity (Wildman–Crippen MR) is 215 cm³/mol. The summed E-state index contributed by atoms with van der Waals surface area (Å²) in [6, 6.07) is 47.7. The zero-order valence-corrected chi connectivity index (χ0v) is 29.4. The van der Waals surface area contributed by atoms with Crippen molar-refractivity contribution in [3.63, 3.8) is 0 Å². The van der Waals surface area contributed by atoms with Crippen molar-refractivity contribution in [3.8, 4) is 11.1 Å². The van der Waals surface area contributed by atoms with E-state index in [1.807, 2.05) is 36.0 Å². The molecule has 7 aromatic carbocycles. The minimum atomic E-state index is -0.236. The number of hydrogen-bond donors (Lipinski definition) is 0. The molecule has 0 amide bonds. The van der Waals surface area contributed by atoms with Crippen LogP contribution in [0.3, 0.4) is 0 Å². The first-order valence-electron chi connectivity index (χ1n) is 17.7. The summed E-state index contributed by atoms with van der Waals surface area (Å²) in [6.45, 7) is 6.64. The normalized spacial score (nSPS) is 14.0. The summed E-state index contributed by atoms with van der Waals surface area (Å²) in [6.07, 6.45) is 0. The Hall–Kier alpha value is -5.45. The van der Waals surface area contributed by atoms with E-state index in [9.17, 15) is 0 Å². The molecule has 4 aliphatic heterocycles. The van der Waals surface area contributed by atoms with Gasteiger partial charge < -0.3 is 9.80 Å². The van der Waals surface area contributed by atoms with E-state index in [2.05, 4.69) is 134 Å². The molecule has 7 aromatic rings. The monoisotopic (exact) mass is 672 g/mol. The standard InChI is InChI=1S/C45H31B2FN2S/c1-26-16-19-36-32(22-26)46-31-13-7-8-15-40(31)51-41-25-39-42-45(43(41)46)49(36)37-20-17-27(2)23-33(37)47(42)34-24-28(3)18-21-38(34)50(39)44-30(12-9-14-35(44)48)29-10-5-4-6-11-29/h4-25H,1-3H3. The molecular weight excluding hydrogens is 641 g/mol. The fourth-order valence-electron chi connectivity index (χ4n) is 9.29. The Morgan fingerprint density at radius 1 is 0.471 bits per heavy atom. The lowest BCUT2D eigenvalue weighted by Crippen LogP contribution is -2.68. The maximum Gasteiger partial charge on any atom is 0.252 e. The van der Waals surface area contributed by atoms with Gasteiger partial charge in [-0.05, 0) is 90.0 Å². The summed E-state index contributed by atoms with van der Waals surface area (Å²) in [5, 5.41) is 0. The van der Waals surface area contributed by atoms with Crippen LogP contribution in [-0.4, -0.2) is 13.4 Å². The van der Waals surface area contributed by atoms with E-state index in [4.69, 9.17) is 0 Å². The number of hydrogen-bond acceptors (Lipinski definition) is 3. The van der Waals surface area contributed by atoms with Crippen LogP contribution in [-0.2, 0) is 0 Å². The molecule has 0 spiro atoms. The van der Waals surface area contributed by atoms with Gasteiger partial charge in [0.25, 0.3) is 6.71 Å². The van der Waals surface area contributed by atoms with Crippen LogP contribution in [0.15, 0.2) is 143 Å². The van der Waals surface area contributed by atoms with Crippen molar-refractivity contribution in [1.29, 1.82) is 0 Å². The van der Waals surface area contributed by atoms with Crippen LogP contribution in [0.2, 0.25) is 0 Å². The van der Waals surface area contributed by atoms with E-state index < -0.39 is 0 Å². The van der Waals surface area contributed by atoms with Crippen LogP contribution in [0.5, 0.6) is 0 Å². The highest BCUT2D eigenvalue weighted by Crippen LogP contribution is 2.50. The Bertz CT molecular complexity index is 2660. The first-order valence-corrected chi connectivity index (χ1v) is 18.5. The van der Waals surface area contributed by atoms with Crippen LogP contribution in [0.4, 0.5) is 38.5 Å². The van der Waals surface area contributed by atoms with Gasteiger partial charge >= 0.3 is 0 Å². The SMILES string of the molecule is Cc1ccc2c(c1)B1c3cc(C)ccc3N3c4ccc(C)cc4B4c5ccccc5Sc5cc(c1c3c54)N2c1c(F)cccc1-c1ccccc1. The zero-order valence-electron chi connectivity index (χ0n) is 28.5. The molecular formula is C45H31B2FN2S. The summed E-state index contributed by atoms with van der Waals surface area (Å²) in [4.78, 5) is 7.30. The van der Waals surface area contributed by atoms with Crippen LogP contribution in [0.25, 0.3) is 11.1 Å². The summed E-state index contributed by atoms with van der Waals surface area (Å²) in [5.74, 6) is -0.236. The molecule has 0 saturated carbocycles. The molecule has 6 heteroatoms. The highest BCUT2D eigenvalue weighted by molar-refractivity contribution is 8.00. The fourth-order valence-corrected chi connectivity index (χ4v) is 10.5. The molecule has 4 aliphatic rings. The predicted octanol–water partition coefficient (Wildman–Crippen LogP) is 7.79. The summed E-state index contributed by atoms with van der Waals surface area (Å²) < 4.78 is 16.8. The second-order valence-electron chi connectivity index (χ2n) is 14.4. The summed E-state index contributed by atoms with van der Waals surface area (Å²) in [7, 11) is 0. The minimum Gasteiger partial charge on any atom is -0.312 e. The van der Waals surface area contributed by atoms with Gasteiger partial charge in [-0.25, -0.2) is 4.39 Å². The average Bonchev–Trinajstić information content (AvgIpc) is 3.14. The zero-order chi connectivity index (χ0) is 34.1. The highest BCUT2D eigenvalue weighted by Gasteiger charge is 2.50. The summed E-state index contributed by atoms with van der Waals surface area (Å²) >= 11 is 1.85. The number of nitrogens with zero attached hydrogens (tertiary/aromatic N) is 2. The van der Waals surface area contributed by atoms with Crippen molar-refractivity contribution in [1.82, 2.24) is 0 Å². The Labute approximate surface area is 302 Å². The lowest BCUT2D eigenvalue weighted by molar-refractivity contribution is 0.629. The molecule has 0 aromatic heterocycles. The van der Waals surface area contributed by atoms with Crippen LogP contribution in [0.1, 0.15) is 16.7 Å². The Morgan fingerprint density at radius 3 is 1.69 bits per heavy atom. The first-order chi connectivity index (χ1) is 25.0. The third kappa shape index (κ3) is 3.97. The average molecular weight is 672 g/mol. The molecule has 2 nitrogen and oxygen atoms in total. The molecule has 0 aliphatic carbocycles. The van der Waals surface area contributed by atoms with Gasteiger partial charge in [0.05, 0.1) is 5.69 Å². The quantitative estimate of drug-likeness (QED) is 0.173. The number of benzene rings is 7. The van der Waals surface area contributed by atoms with Gasteiger partial charge in [0.2, 0.25) is 6.71 Å². The first kappa shape index (κ1) is 29.3. The smallest absolute Gasteiger partial charge is 0.252 e. The molecule has 0 radical (unpaired) electrons. The van der Waals surface area contributed by atoms with Gasteiger partial charge in [-0.15, -0.1) is 0 Å². The topological polar surface area (TPSA) is 6.48 Å². The number of aryl methyl sites for hydroxylation is 3. The Kier molecular flexibility index (Phi) is 6.05. The van der Waals surface area contributed by atoms with Crippen LogP contribution in [0, 0.1) is 26.6 Å². The lowest BCUT2D eigenvalue weighted by atomic mass is 9.29. The van der Waals surface area contributed by atoms with Crippen LogP contribution < -0.4 is 42.6 Å². The van der Waals surface area contributed by atoms with E-state index in [1.165, 1.54) is 76.3 Å². The van der Waals surface area contributed by atoms with Crippen molar-refractivity contribution in [3.05, 3.63) is 156 Å². The van der Waals surface area contributed by atoms with Gasteiger partial charge in [-0.1, -0.05) is 131 Å². The van der Waals surface area contributed by atoms with Crippen molar-refractivity contribution >= 4 is 92.1 Å². The Morgan fingerprint density at radius 2 is 1.04 bits per heavy atom. The van der Waals surface area contributed by atoms with Gasteiger partial charge in [0.15, 0.2) is 0 Å².